The average molecular weight is 237 g/mol. The molecule has 1 aromatic rings. The largest absolute Gasteiger partial charge is 0.370 e. The van der Waals surface area contributed by atoms with Crippen LogP contribution in [0.5, 0.6) is 0 Å². The lowest BCUT2D eigenvalue weighted by Gasteiger charge is -2.12. The molecule has 94 valence electrons. The minimum atomic E-state index is -0.348. The summed E-state index contributed by atoms with van der Waals surface area (Å²) in [5, 5.41) is 11.1. The quantitative estimate of drug-likeness (QED) is 0.758. The van der Waals surface area contributed by atoms with Gasteiger partial charge in [0, 0.05) is 12.5 Å². The number of hydrogen-bond donors (Lipinski definition) is 2. The summed E-state index contributed by atoms with van der Waals surface area (Å²) in [6.07, 6.45) is 1.89. The Hall–Kier alpha value is -1.72. The molecule has 1 aromatic heterocycles. The fourth-order valence-electron chi connectivity index (χ4n) is 1.57. The van der Waals surface area contributed by atoms with Gasteiger partial charge < -0.3 is 11.1 Å². The lowest BCUT2D eigenvalue weighted by molar-refractivity contribution is -0.118. The number of rotatable bonds is 6. The molecule has 1 heterocycles. The van der Waals surface area contributed by atoms with Crippen molar-refractivity contribution < 1.29 is 4.79 Å². The molecule has 1 atom stereocenters. The number of nitrogens with one attached hydrogen (secondary N) is 1. The molecular formula is C11H19N5O. The summed E-state index contributed by atoms with van der Waals surface area (Å²) in [4.78, 5) is 15.1. The smallest absolute Gasteiger partial charge is 0.243 e. The lowest BCUT2D eigenvalue weighted by atomic mass is 10.2. The van der Waals surface area contributed by atoms with Gasteiger partial charge in [-0.25, -0.2) is 4.98 Å². The number of carbonyl (C=O) groups is 1. The maximum absolute atomic E-state index is 10.7. The zero-order chi connectivity index (χ0) is 12.8. The monoisotopic (exact) mass is 237 g/mol. The topological polar surface area (TPSA) is 93.8 Å². The Morgan fingerprint density at radius 2 is 1.94 bits per heavy atom. The van der Waals surface area contributed by atoms with E-state index in [1.54, 1.807) is 0 Å². The van der Waals surface area contributed by atoms with Crippen molar-refractivity contribution in [3.63, 3.8) is 0 Å². The van der Waals surface area contributed by atoms with Crippen LogP contribution in [0, 0.1) is 0 Å². The summed E-state index contributed by atoms with van der Waals surface area (Å²) in [5.74, 6) is 0.103. The third-order valence-corrected chi connectivity index (χ3v) is 2.39. The molecule has 0 radical (unpaired) electrons. The highest BCUT2D eigenvalue weighted by atomic mass is 16.1. The van der Waals surface area contributed by atoms with Gasteiger partial charge in [0.05, 0.1) is 11.4 Å². The molecule has 0 bridgehead atoms. The van der Waals surface area contributed by atoms with Crippen LogP contribution in [-0.2, 0) is 17.6 Å². The second kappa shape index (κ2) is 6.12. The normalized spacial score (nSPS) is 12.2. The van der Waals surface area contributed by atoms with Crippen molar-refractivity contribution in [1.82, 2.24) is 15.2 Å². The zero-order valence-corrected chi connectivity index (χ0v) is 10.5. The summed E-state index contributed by atoms with van der Waals surface area (Å²) in [6.45, 7) is 5.90. The molecule has 0 fully saturated rings. The fourth-order valence-corrected chi connectivity index (χ4v) is 1.57. The number of aromatic nitrogens is 3. The van der Waals surface area contributed by atoms with Gasteiger partial charge in [-0.05, 0) is 19.8 Å². The first-order chi connectivity index (χ1) is 8.06. The van der Waals surface area contributed by atoms with Gasteiger partial charge in [-0.1, -0.05) is 13.8 Å². The predicted molar refractivity (Wildman–Crippen MR) is 65.5 cm³/mol. The van der Waals surface area contributed by atoms with Crippen molar-refractivity contribution in [1.29, 1.82) is 0 Å². The summed E-state index contributed by atoms with van der Waals surface area (Å²) < 4.78 is 0. The second-order valence-electron chi connectivity index (χ2n) is 3.95. The Labute approximate surface area is 101 Å². The molecule has 0 saturated heterocycles. The molecule has 6 nitrogen and oxygen atoms in total. The van der Waals surface area contributed by atoms with Crippen LogP contribution < -0.4 is 11.1 Å². The number of aryl methyl sites for hydroxylation is 2. The Morgan fingerprint density at radius 1 is 1.29 bits per heavy atom. The standard InChI is InChI=1S/C11H19N5O/c1-4-8-9(5-2)15-16-11(14-8)13-7(3)6-10(12)17/h7H,4-6H2,1-3H3,(H2,12,17)(H,13,14,16). The van der Waals surface area contributed by atoms with Crippen LogP contribution in [0.2, 0.25) is 0 Å². The van der Waals surface area contributed by atoms with Gasteiger partial charge >= 0.3 is 0 Å². The highest BCUT2D eigenvalue weighted by molar-refractivity contribution is 5.74. The van der Waals surface area contributed by atoms with Gasteiger partial charge in [0.1, 0.15) is 0 Å². The van der Waals surface area contributed by atoms with Crippen LogP contribution in [0.15, 0.2) is 0 Å². The van der Waals surface area contributed by atoms with Gasteiger partial charge in [0.15, 0.2) is 0 Å². The van der Waals surface area contributed by atoms with Crippen LogP contribution in [0.25, 0.3) is 0 Å². The average Bonchev–Trinajstić information content (AvgIpc) is 2.27. The molecule has 0 aliphatic carbocycles. The summed E-state index contributed by atoms with van der Waals surface area (Å²) >= 11 is 0. The van der Waals surface area contributed by atoms with Gasteiger partial charge in [0.2, 0.25) is 11.9 Å². The number of carbonyl (C=O) groups excluding carboxylic acids is 1. The summed E-state index contributed by atoms with van der Waals surface area (Å²) in [6, 6.07) is -0.0912. The van der Waals surface area contributed by atoms with Crippen molar-refractivity contribution in [3.05, 3.63) is 11.4 Å². The van der Waals surface area contributed by atoms with Gasteiger partial charge in [-0.2, -0.15) is 5.10 Å². The maximum Gasteiger partial charge on any atom is 0.243 e. The van der Waals surface area contributed by atoms with Crippen LogP contribution >= 0.6 is 0 Å². The molecule has 0 aliphatic heterocycles. The van der Waals surface area contributed by atoms with E-state index in [9.17, 15) is 4.79 Å². The fraction of sp³-hybridized carbons (Fsp3) is 0.636. The van der Waals surface area contributed by atoms with E-state index in [1.807, 2.05) is 20.8 Å². The molecule has 0 saturated carbocycles. The molecule has 1 amide bonds. The first kappa shape index (κ1) is 13.3. The third-order valence-electron chi connectivity index (χ3n) is 2.39. The number of nitrogens with zero attached hydrogens (tertiary/aromatic N) is 3. The van der Waals surface area contributed by atoms with E-state index in [-0.39, 0.29) is 18.4 Å². The van der Waals surface area contributed by atoms with Crippen molar-refractivity contribution in [2.24, 2.45) is 5.73 Å². The second-order valence-corrected chi connectivity index (χ2v) is 3.95. The van der Waals surface area contributed by atoms with Crippen molar-refractivity contribution in [2.75, 3.05) is 5.32 Å². The van der Waals surface area contributed by atoms with Crippen LogP contribution in [0.1, 0.15) is 38.6 Å². The maximum atomic E-state index is 10.7. The number of hydrogen-bond acceptors (Lipinski definition) is 5. The third kappa shape index (κ3) is 3.97. The van der Waals surface area contributed by atoms with E-state index in [0.29, 0.717) is 5.95 Å². The van der Waals surface area contributed by atoms with Crippen molar-refractivity contribution in [3.8, 4) is 0 Å². The molecule has 1 unspecified atom stereocenters. The number of nitrogens with two attached hydrogens (primary N) is 1. The molecular weight excluding hydrogens is 218 g/mol. The molecule has 6 heteroatoms. The molecule has 3 N–H and O–H groups in total. The van der Waals surface area contributed by atoms with Crippen molar-refractivity contribution >= 4 is 11.9 Å². The van der Waals surface area contributed by atoms with Crippen LogP contribution in [0.4, 0.5) is 5.95 Å². The zero-order valence-electron chi connectivity index (χ0n) is 10.5. The van der Waals surface area contributed by atoms with E-state index < -0.39 is 0 Å². The van der Waals surface area contributed by atoms with E-state index >= 15 is 0 Å². The number of amides is 1. The van der Waals surface area contributed by atoms with E-state index in [0.717, 1.165) is 24.2 Å². The SMILES string of the molecule is CCc1nnc(NC(C)CC(N)=O)nc1CC. The van der Waals surface area contributed by atoms with Crippen LogP contribution in [0.3, 0.4) is 0 Å². The van der Waals surface area contributed by atoms with Crippen molar-refractivity contribution in [2.45, 2.75) is 46.1 Å². The van der Waals surface area contributed by atoms with E-state index in [4.69, 9.17) is 5.73 Å². The Kier molecular flexibility index (Phi) is 4.81. The minimum absolute atomic E-state index is 0.0912. The van der Waals surface area contributed by atoms with Gasteiger partial charge in [-0.3, -0.25) is 4.79 Å². The first-order valence-electron chi connectivity index (χ1n) is 5.84. The molecule has 0 spiro atoms. The first-order valence-corrected chi connectivity index (χ1v) is 5.84. The number of anilines is 1. The Bertz CT molecular complexity index is 393. The van der Waals surface area contributed by atoms with Crippen LogP contribution in [-0.4, -0.2) is 27.1 Å². The van der Waals surface area contributed by atoms with E-state index in [1.165, 1.54) is 0 Å². The van der Waals surface area contributed by atoms with Gasteiger partial charge in [-0.15, -0.1) is 5.10 Å². The van der Waals surface area contributed by atoms with Gasteiger partial charge in [0.25, 0.3) is 0 Å². The van der Waals surface area contributed by atoms with E-state index in [2.05, 4.69) is 20.5 Å². The highest BCUT2D eigenvalue weighted by Gasteiger charge is 2.10. The molecule has 1 rings (SSSR count). The highest BCUT2D eigenvalue weighted by Crippen LogP contribution is 2.08. The summed E-state index contributed by atoms with van der Waals surface area (Å²) in [5.41, 5.74) is 6.97. The Balaban J connectivity index is 2.75. The number of primary amides is 1. The molecule has 0 aromatic carbocycles. The Morgan fingerprint density at radius 3 is 2.47 bits per heavy atom. The summed E-state index contributed by atoms with van der Waals surface area (Å²) in [7, 11) is 0. The predicted octanol–water partition coefficient (Wildman–Crippen LogP) is 0.672. The minimum Gasteiger partial charge on any atom is -0.370 e. The molecule has 0 aliphatic rings. The molecule has 17 heavy (non-hydrogen) atoms. The lowest BCUT2D eigenvalue weighted by Crippen LogP contribution is -2.25.